The summed E-state index contributed by atoms with van der Waals surface area (Å²) in [6.07, 6.45) is 4.42. The summed E-state index contributed by atoms with van der Waals surface area (Å²) in [6.45, 7) is 5.05. The molecule has 2 aliphatic rings. The fraction of sp³-hybridized carbons (Fsp3) is 0.929. The van der Waals surface area contributed by atoms with Gasteiger partial charge in [-0.2, -0.15) is 0 Å². The highest BCUT2D eigenvalue weighted by atomic mass is 16.5. The molecule has 4 nitrogen and oxygen atoms in total. The van der Waals surface area contributed by atoms with E-state index in [9.17, 15) is 9.90 Å². The summed E-state index contributed by atoms with van der Waals surface area (Å²) in [6, 6.07) is 0. The van der Waals surface area contributed by atoms with Crippen LogP contribution in [0.15, 0.2) is 0 Å². The maximum absolute atomic E-state index is 12.1. The Kier molecular flexibility index (Phi) is 5.01. The van der Waals surface area contributed by atoms with Crippen LogP contribution in [0.1, 0.15) is 39.0 Å². The number of hydrogen-bond acceptors (Lipinski definition) is 3. The van der Waals surface area contributed by atoms with Gasteiger partial charge in [0.05, 0.1) is 6.10 Å². The number of β-amino-alcohol motifs (C(OH)–C–C–N with tert-alkyl or cyclic N) is 1. The van der Waals surface area contributed by atoms with Crippen molar-refractivity contribution in [2.24, 2.45) is 11.8 Å². The third-order valence-electron chi connectivity index (χ3n) is 4.29. The Hall–Kier alpha value is -0.610. The summed E-state index contributed by atoms with van der Waals surface area (Å²) in [5, 5.41) is 9.80. The zero-order chi connectivity index (χ0) is 13.0. The second kappa shape index (κ2) is 6.53. The van der Waals surface area contributed by atoms with E-state index in [0.29, 0.717) is 24.8 Å². The second-order valence-corrected chi connectivity index (χ2v) is 5.79. The van der Waals surface area contributed by atoms with Crippen LogP contribution in [0.5, 0.6) is 0 Å². The zero-order valence-corrected chi connectivity index (χ0v) is 11.3. The minimum atomic E-state index is -0.347. The summed E-state index contributed by atoms with van der Waals surface area (Å²) in [4.78, 5) is 13.9. The molecule has 2 heterocycles. The van der Waals surface area contributed by atoms with E-state index in [4.69, 9.17) is 4.74 Å². The Balaban J connectivity index is 1.70. The average molecular weight is 255 g/mol. The minimum absolute atomic E-state index is 0.200. The third kappa shape index (κ3) is 3.69. The van der Waals surface area contributed by atoms with Crippen LogP contribution < -0.4 is 0 Å². The van der Waals surface area contributed by atoms with E-state index in [-0.39, 0.29) is 12.0 Å². The van der Waals surface area contributed by atoms with Gasteiger partial charge >= 0.3 is 0 Å². The topological polar surface area (TPSA) is 49.8 Å². The second-order valence-electron chi connectivity index (χ2n) is 5.79. The molecule has 18 heavy (non-hydrogen) atoms. The van der Waals surface area contributed by atoms with Crippen molar-refractivity contribution in [3.8, 4) is 0 Å². The number of aliphatic hydroxyl groups excluding tert-OH is 1. The molecular formula is C14H25NO3. The van der Waals surface area contributed by atoms with Crippen LogP contribution in [0, 0.1) is 11.8 Å². The van der Waals surface area contributed by atoms with Crippen LogP contribution in [0.2, 0.25) is 0 Å². The molecule has 0 radical (unpaired) electrons. The molecule has 0 spiro atoms. The fourth-order valence-corrected chi connectivity index (χ4v) is 2.80. The van der Waals surface area contributed by atoms with E-state index in [1.54, 1.807) is 0 Å². The Labute approximate surface area is 109 Å². The molecule has 0 bridgehead atoms. The van der Waals surface area contributed by atoms with Crippen molar-refractivity contribution in [3.05, 3.63) is 0 Å². The first-order chi connectivity index (χ1) is 8.66. The van der Waals surface area contributed by atoms with Crippen LogP contribution in [0.3, 0.4) is 0 Å². The highest BCUT2D eigenvalue weighted by Gasteiger charge is 2.27. The Morgan fingerprint density at radius 3 is 2.94 bits per heavy atom. The number of carbonyl (C=O) groups excluding carboxylic acids is 1. The number of rotatable bonds is 3. The molecule has 0 aliphatic carbocycles. The van der Waals surface area contributed by atoms with Gasteiger partial charge in [-0.25, -0.2) is 0 Å². The first-order valence-electron chi connectivity index (χ1n) is 7.20. The van der Waals surface area contributed by atoms with E-state index in [2.05, 4.69) is 0 Å². The number of carbonyl (C=O) groups is 1. The molecule has 3 unspecified atom stereocenters. The van der Waals surface area contributed by atoms with E-state index in [0.717, 1.165) is 39.0 Å². The van der Waals surface area contributed by atoms with Crippen molar-refractivity contribution in [2.75, 3.05) is 26.3 Å². The maximum Gasteiger partial charge on any atom is 0.222 e. The van der Waals surface area contributed by atoms with Gasteiger partial charge in [0.1, 0.15) is 0 Å². The largest absolute Gasteiger partial charge is 0.391 e. The normalized spacial score (nSPS) is 33.4. The highest BCUT2D eigenvalue weighted by Crippen LogP contribution is 2.21. The first-order valence-corrected chi connectivity index (χ1v) is 7.20. The van der Waals surface area contributed by atoms with Crippen LogP contribution in [-0.2, 0) is 9.53 Å². The number of piperidine rings is 1. The van der Waals surface area contributed by atoms with Gasteiger partial charge in [-0.3, -0.25) is 4.79 Å². The van der Waals surface area contributed by atoms with Gasteiger partial charge in [-0.05, 0) is 37.5 Å². The summed E-state index contributed by atoms with van der Waals surface area (Å²) >= 11 is 0. The van der Waals surface area contributed by atoms with Gasteiger partial charge in [0, 0.05) is 32.7 Å². The molecule has 4 heteroatoms. The lowest BCUT2D eigenvalue weighted by Gasteiger charge is -2.34. The lowest BCUT2D eigenvalue weighted by atomic mass is 9.94. The molecule has 0 aromatic carbocycles. The van der Waals surface area contributed by atoms with Crippen LogP contribution in [-0.4, -0.2) is 48.3 Å². The molecule has 3 atom stereocenters. The summed E-state index contributed by atoms with van der Waals surface area (Å²) in [7, 11) is 0. The predicted molar refractivity (Wildman–Crippen MR) is 69.1 cm³/mol. The third-order valence-corrected chi connectivity index (χ3v) is 4.29. The van der Waals surface area contributed by atoms with Crippen molar-refractivity contribution in [1.29, 1.82) is 0 Å². The monoisotopic (exact) mass is 255 g/mol. The average Bonchev–Trinajstić information content (AvgIpc) is 2.40. The van der Waals surface area contributed by atoms with Gasteiger partial charge < -0.3 is 14.7 Å². The van der Waals surface area contributed by atoms with Gasteiger partial charge in [-0.1, -0.05) is 6.92 Å². The first kappa shape index (κ1) is 13.8. The van der Waals surface area contributed by atoms with Crippen LogP contribution >= 0.6 is 0 Å². The number of ether oxygens (including phenoxy) is 1. The molecule has 1 N–H and O–H groups in total. The van der Waals surface area contributed by atoms with Crippen LogP contribution in [0.4, 0.5) is 0 Å². The van der Waals surface area contributed by atoms with Crippen molar-refractivity contribution < 1.29 is 14.6 Å². The highest BCUT2D eigenvalue weighted by molar-refractivity contribution is 5.76. The Morgan fingerprint density at radius 1 is 1.44 bits per heavy atom. The van der Waals surface area contributed by atoms with E-state index < -0.39 is 0 Å². The Bertz CT molecular complexity index is 276. The fourth-order valence-electron chi connectivity index (χ4n) is 2.80. The molecule has 0 aromatic rings. The van der Waals surface area contributed by atoms with Crippen molar-refractivity contribution in [1.82, 2.24) is 4.90 Å². The minimum Gasteiger partial charge on any atom is -0.391 e. The summed E-state index contributed by atoms with van der Waals surface area (Å²) in [5.74, 6) is 1.07. The van der Waals surface area contributed by atoms with Crippen molar-refractivity contribution >= 4 is 5.91 Å². The van der Waals surface area contributed by atoms with E-state index in [1.807, 2.05) is 11.8 Å². The van der Waals surface area contributed by atoms with Gasteiger partial charge in [-0.15, -0.1) is 0 Å². The number of hydrogen-bond donors (Lipinski definition) is 1. The maximum atomic E-state index is 12.1. The van der Waals surface area contributed by atoms with Gasteiger partial charge in [0.15, 0.2) is 0 Å². The molecule has 2 aliphatic heterocycles. The van der Waals surface area contributed by atoms with Crippen molar-refractivity contribution in [3.63, 3.8) is 0 Å². The molecule has 2 rings (SSSR count). The van der Waals surface area contributed by atoms with Crippen molar-refractivity contribution in [2.45, 2.75) is 45.1 Å². The molecule has 0 aromatic heterocycles. The number of aliphatic hydroxyl groups is 1. The smallest absolute Gasteiger partial charge is 0.222 e. The van der Waals surface area contributed by atoms with E-state index in [1.165, 1.54) is 6.42 Å². The van der Waals surface area contributed by atoms with Gasteiger partial charge in [0.25, 0.3) is 0 Å². The standard InChI is InChI=1S/C14H25NO3/c1-11-6-7-15(9-13(11)16)14(17)5-4-12-3-2-8-18-10-12/h11-13,16H,2-10H2,1H3. The van der Waals surface area contributed by atoms with Gasteiger partial charge in [0.2, 0.25) is 5.91 Å². The summed E-state index contributed by atoms with van der Waals surface area (Å²) in [5.41, 5.74) is 0. The molecule has 0 saturated carbocycles. The lowest BCUT2D eigenvalue weighted by Crippen LogP contribution is -2.45. The molecule has 1 amide bonds. The SMILES string of the molecule is CC1CCN(C(=O)CCC2CCCOC2)CC1O. The quantitative estimate of drug-likeness (QED) is 0.830. The van der Waals surface area contributed by atoms with E-state index >= 15 is 0 Å². The number of amides is 1. The molecular weight excluding hydrogens is 230 g/mol. The molecule has 2 saturated heterocycles. The Morgan fingerprint density at radius 2 is 2.28 bits per heavy atom. The van der Waals surface area contributed by atoms with Crippen LogP contribution in [0.25, 0.3) is 0 Å². The molecule has 2 fully saturated rings. The number of likely N-dealkylation sites (tertiary alicyclic amines) is 1. The lowest BCUT2D eigenvalue weighted by molar-refractivity contribution is -0.136. The number of nitrogens with zero attached hydrogens (tertiary/aromatic N) is 1. The molecule has 104 valence electrons. The zero-order valence-electron chi connectivity index (χ0n) is 11.3. The predicted octanol–water partition coefficient (Wildman–Crippen LogP) is 1.42. The summed E-state index contributed by atoms with van der Waals surface area (Å²) < 4.78 is 5.43.